The minimum absolute atomic E-state index is 0.361. The van der Waals surface area contributed by atoms with Crippen molar-refractivity contribution in [2.24, 2.45) is 0 Å². The second kappa shape index (κ2) is 6.91. The highest BCUT2D eigenvalue weighted by Crippen LogP contribution is 2.20. The van der Waals surface area contributed by atoms with E-state index < -0.39 is 0 Å². The summed E-state index contributed by atoms with van der Waals surface area (Å²) in [7, 11) is 3.02. The van der Waals surface area contributed by atoms with Crippen molar-refractivity contribution >= 4 is 22.4 Å². The fourth-order valence-electron chi connectivity index (χ4n) is 1.76. The molecule has 0 amide bonds. The van der Waals surface area contributed by atoms with E-state index in [-0.39, 0.29) is 5.97 Å². The summed E-state index contributed by atoms with van der Waals surface area (Å²) in [5, 5.41) is 3.90. The molecule has 1 N–H and O–H groups in total. The van der Waals surface area contributed by atoms with Crippen LogP contribution in [-0.4, -0.2) is 31.7 Å². The molecule has 20 heavy (non-hydrogen) atoms. The Morgan fingerprint density at radius 2 is 2.15 bits per heavy atom. The number of nitrogens with zero attached hydrogens (tertiary/aromatic N) is 1. The predicted molar refractivity (Wildman–Crippen MR) is 78.6 cm³/mol. The van der Waals surface area contributed by atoms with Crippen molar-refractivity contribution in [2.45, 2.75) is 6.42 Å². The lowest BCUT2D eigenvalue weighted by Gasteiger charge is -2.08. The van der Waals surface area contributed by atoms with Crippen LogP contribution in [0.25, 0.3) is 0 Å². The fourth-order valence-corrected chi connectivity index (χ4v) is 2.52. The number of ether oxygens (including phenoxy) is 2. The SMILES string of the molecule is COC(=O)c1cnc(NCCc2ccccc2OC)s1. The average molecular weight is 292 g/mol. The molecule has 0 bridgehead atoms. The molecule has 0 aliphatic heterocycles. The Morgan fingerprint density at radius 1 is 1.35 bits per heavy atom. The number of para-hydroxylation sites is 1. The molecule has 0 aliphatic rings. The normalized spacial score (nSPS) is 10.1. The standard InChI is InChI=1S/C14H16N2O3S/c1-18-11-6-4-3-5-10(11)7-8-15-14-16-9-12(20-14)13(17)19-2/h3-6,9H,7-8H2,1-2H3,(H,15,16). The Labute approximate surface area is 121 Å². The van der Waals surface area contributed by atoms with E-state index in [1.54, 1.807) is 7.11 Å². The zero-order chi connectivity index (χ0) is 14.4. The first-order valence-electron chi connectivity index (χ1n) is 6.14. The Morgan fingerprint density at radius 3 is 2.90 bits per heavy atom. The third kappa shape index (κ3) is 3.48. The van der Waals surface area contributed by atoms with E-state index in [0.717, 1.165) is 17.7 Å². The van der Waals surface area contributed by atoms with Gasteiger partial charge in [0.15, 0.2) is 5.13 Å². The summed E-state index contributed by atoms with van der Waals surface area (Å²) in [5.74, 6) is 0.518. The summed E-state index contributed by atoms with van der Waals surface area (Å²) in [6.07, 6.45) is 2.33. The minimum Gasteiger partial charge on any atom is -0.496 e. The summed E-state index contributed by atoms with van der Waals surface area (Å²) in [6, 6.07) is 7.89. The predicted octanol–water partition coefficient (Wildman–Crippen LogP) is 2.59. The van der Waals surface area contributed by atoms with Crippen LogP contribution in [0.1, 0.15) is 15.2 Å². The Kier molecular flexibility index (Phi) is 4.95. The molecule has 106 valence electrons. The smallest absolute Gasteiger partial charge is 0.349 e. The molecule has 0 spiro atoms. The van der Waals surface area contributed by atoms with Crippen molar-refractivity contribution in [3.63, 3.8) is 0 Å². The van der Waals surface area contributed by atoms with Crippen LogP contribution in [0.5, 0.6) is 5.75 Å². The first-order chi connectivity index (χ1) is 9.74. The minimum atomic E-state index is -0.361. The summed E-state index contributed by atoms with van der Waals surface area (Å²) in [6.45, 7) is 0.717. The van der Waals surface area contributed by atoms with Crippen molar-refractivity contribution in [3.05, 3.63) is 40.9 Å². The van der Waals surface area contributed by atoms with Gasteiger partial charge in [0.1, 0.15) is 10.6 Å². The Bertz CT molecular complexity index is 583. The lowest BCUT2D eigenvalue weighted by molar-refractivity contribution is 0.0606. The highest BCUT2D eigenvalue weighted by Gasteiger charge is 2.10. The average Bonchev–Trinajstić information content (AvgIpc) is 2.96. The molecule has 2 rings (SSSR count). The van der Waals surface area contributed by atoms with E-state index in [1.165, 1.54) is 24.6 Å². The molecule has 0 radical (unpaired) electrons. The Hall–Kier alpha value is -2.08. The molecule has 1 aromatic carbocycles. The molecule has 2 aromatic rings. The molecule has 0 aliphatic carbocycles. The maximum atomic E-state index is 11.3. The quantitative estimate of drug-likeness (QED) is 0.829. The molecule has 1 aromatic heterocycles. The van der Waals surface area contributed by atoms with E-state index in [1.807, 2.05) is 24.3 Å². The van der Waals surface area contributed by atoms with Crippen LogP contribution in [0.3, 0.4) is 0 Å². The van der Waals surface area contributed by atoms with Crippen molar-refractivity contribution in [3.8, 4) is 5.75 Å². The molecule has 0 saturated carbocycles. The molecular formula is C14H16N2O3S. The number of carbonyl (C=O) groups excluding carboxylic acids is 1. The van der Waals surface area contributed by atoms with Crippen LogP contribution < -0.4 is 10.1 Å². The van der Waals surface area contributed by atoms with Gasteiger partial charge in [0, 0.05) is 6.54 Å². The summed E-state index contributed by atoms with van der Waals surface area (Å²) in [4.78, 5) is 15.9. The van der Waals surface area contributed by atoms with Gasteiger partial charge in [0.25, 0.3) is 0 Å². The largest absolute Gasteiger partial charge is 0.496 e. The van der Waals surface area contributed by atoms with E-state index in [4.69, 9.17) is 4.74 Å². The molecular weight excluding hydrogens is 276 g/mol. The van der Waals surface area contributed by atoms with Gasteiger partial charge < -0.3 is 14.8 Å². The van der Waals surface area contributed by atoms with Crippen molar-refractivity contribution in [2.75, 3.05) is 26.1 Å². The number of nitrogens with one attached hydrogen (secondary N) is 1. The van der Waals surface area contributed by atoms with Crippen LogP contribution in [0.2, 0.25) is 0 Å². The number of benzene rings is 1. The van der Waals surface area contributed by atoms with Crippen molar-refractivity contribution < 1.29 is 14.3 Å². The maximum absolute atomic E-state index is 11.3. The molecule has 0 unspecified atom stereocenters. The lowest BCUT2D eigenvalue weighted by atomic mass is 10.1. The van der Waals surface area contributed by atoms with Crippen LogP contribution in [0.15, 0.2) is 30.5 Å². The number of aromatic nitrogens is 1. The molecule has 6 heteroatoms. The van der Waals surface area contributed by atoms with E-state index in [0.29, 0.717) is 16.6 Å². The van der Waals surface area contributed by atoms with Gasteiger partial charge in [-0.15, -0.1) is 0 Å². The number of esters is 1. The van der Waals surface area contributed by atoms with Crippen molar-refractivity contribution in [1.29, 1.82) is 0 Å². The van der Waals surface area contributed by atoms with Gasteiger partial charge in [-0.05, 0) is 18.1 Å². The number of anilines is 1. The topological polar surface area (TPSA) is 60.5 Å². The number of rotatable bonds is 6. The van der Waals surface area contributed by atoms with Crippen molar-refractivity contribution in [1.82, 2.24) is 4.98 Å². The number of hydrogen-bond donors (Lipinski definition) is 1. The van der Waals surface area contributed by atoms with Crippen LogP contribution in [0, 0.1) is 0 Å². The molecule has 1 heterocycles. The van der Waals surface area contributed by atoms with Gasteiger partial charge in [-0.3, -0.25) is 0 Å². The molecule has 0 saturated heterocycles. The fraction of sp³-hybridized carbons (Fsp3) is 0.286. The highest BCUT2D eigenvalue weighted by molar-refractivity contribution is 7.17. The summed E-state index contributed by atoms with van der Waals surface area (Å²) < 4.78 is 9.94. The highest BCUT2D eigenvalue weighted by atomic mass is 32.1. The van der Waals surface area contributed by atoms with Gasteiger partial charge in [-0.2, -0.15) is 0 Å². The second-order valence-corrected chi connectivity index (χ2v) is 5.04. The Balaban J connectivity index is 1.89. The second-order valence-electron chi connectivity index (χ2n) is 4.01. The van der Waals surface area contributed by atoms with Gasteiger partial charge >= 0.3 is 5.97 Å². The molecule has 0 fully saturated rings. The number of carbonyl (C=O) groups is 1. The van der Waals surface area contributed by atoms with Crippen LogP contribution >= 0.6 is 11.3 Å². The van der Waals surface area contributed by atoms with Gasteiger partial charge in [0.2, 0.25) is 0 Å². The zero-order valence-corrected chi connectivity index (χ0v) is 12.2. The van der Waals surface area contributed by atoms with E-state index in [2.05, 4.69) is 15.0 Å². The number of hydrogen-bond acceptors (Lipinski definition) is 6. The summed E-state index contributed by atoms with van der Waals surface area (Å²) in [5.41, 5.74) is 1.13. The zero-order valence-electron chi connectivity index (χ0n) is 11.4. The summed E-state index contributed by atoms with van der Waals surface area (Å²) >= 11 is 1.28. The van der Waals surface area contributed by atoms with Crippen LogP contribution in [0.4, 0.5) is 5.13 Å². The molecule has 5 nitrogen and oxygen atoms in total. The van der Waals surface area contributed by atoms with Gasteiger partial charge in [0.05, 0.1) is 20.4 Å². The number of thiazole rings is 1. The number of methoxy groups -OCH3 is 2. The first kappa shape index (κ1) is 14.3. The third-order valence-electron chi connectivity index (χ3n) is 2.76. The van der Waals surface area contributed by atoms with Gasteiger partial charge in [-0.25, -0.2) is 9.78 Å². The van der Waals surface area contributed by atoms with Gasteiger partial charge in [-0.1, -0.05) is 29.5 Å². The van der Waals surface area contributed by atoms with E-state index in [9.17, 15) is 4.79 Å². The molecule has 0 atom stereocenters. The van der Waals surface area contributed by atoms with E-state index >= 15 is 0 Å². The first-order valence-corrected chi connectivity index (χ1v) is 6.96. The monoisotopic (exact) mass is 292 g/mol. The third-order valence-corrected chi connectivity index (χ3v) is 3.69. The maximum Gasteiger partial charge on any atom is 0.349 e. The van der Waals surface area contributed by atoms with Crippen LogP contribution in [-0.2, 0) is 11.2 Å². The lowest BCUT2D eigenvalue weighted by Crippen LogP contribution is -2.05.